The summed E-state index contributed by atoms with van der Waals surface area (Å²) in [4.78, 5) is 0.451. The lowest BCUT2D eigenvalue weighted by Gasteiger charge is -2.08. The lowest BCUT2D eigenvalue weighted by molar-refractivity contribution is 0.488. The van der Waals surface area contributed by atoms with Crippen molar-refractivity contribution in [1.82, 2.24) is 4.31 Å². The molecule has 7 heteroatoms. The van der Waals surface area contributed by atoms with Crippen molar-refractivity contribution in [3.05, 3.63) is 54.1 Å². The third-order valence-corrected chi connectivity index (χ3v) is 6.65. The Morgan fingerprint density at radius 1 is 0.870 bits per heavy atom. The van der Waals surface area contributed by atoms with Crippen LogP contribution in [0.4, 0.5) is 11.4 Å². The van der Waals surface area contributed by atoms with E-state index in [4.69, 9.17) is 0 Å². The van der Waals surface area contributed by atoms with Crippen LogP contribution in [0.25, 0.3) is 0 Å². The molecule has 0 amide bonds. The summed E-state index contributed by atoms with van der Waals surface area (Å²) in [5.74, 6) is 0. The van der Waals surface area contributed by atoms with Gasteiger partial charge in [-0.1, -0.05) is 30.3 Å². The standard InChI is InChI=1S/C8H10N2S.C8H9NO2S/c1-9-7-5-3-4-6-8(7)10(2)11-9;1-9-6-7-4-2-3-5-8(7)12(9,10)11/h3-6H,1-2H3;2-5H,6H2,1H3. The van der Waals surface area contributed by atoms with E-state index in [1.807, 2.05) is 12.1 Å². The molecule has 0 aromatic heterocycles. The molecule has 0 unspecified atom stereocenters. The Kier molecular flexibility index (Phi) is 4.27. The van der Waals surface area contributed by atoms with Crippen LogP contribution in [0.2, 0.25) is 0 Å². The van der Waals surface area contributed by atoms with Gasteiger partial charge in [0.15, 0.2) is 0 Å². The molecule has 0 radical (unpaired) electrons. The first kappa shape index (κ1) is 16.2. The molecule has 0 atom stereocenters. The largest absolute Gasteiger partial charge is 0.300 e. The topological polar surface area (TPSA) is 43.9 Å². The number of sulfonamides is 1. The molecule has 0 N–H and O–H groups in total. The number of nitrogens with zero attached hydrogens (tertiary/aromatic N) is 3. The second kappa shape index (κ2) is 6.07. The number of rotatable bonds is 0. The fourth-order valence-electron chi connectivity index (χ4n) is 2.65. The van der Waals surface area contributed by atoms with E-state index in [0.717, 1.165) is 5.56 Å². The van der Waals surface area contributed by atoms with E-state index in [0.29, 0.717) is 11.4 Å². The van der Waals surface area contributed by atoms with Gasteiger partial charge in [-0.2, -0.15) is 4.31 Å². The van der Waals surface area contributed by atoms with Crippen LogP contribution in [0.1, 0.15) is 5.56 Å². The number of hydrogen-bond acceptors (Lipinski definition) is 5. The summed E-state index contributed by atoms with van der Waals surface area (Å²) in [6, 6.07) is 15.5. The summed E-state index contributed by atoms with van der Waals surface area (Å²) in [5, 5.41) is 0. The van der Waals surface area contributed by atoms with Crippen molar-refractivity contribution in [2.45, 2.75) is 11.4 Å². The van der Waals surface area contributed by atoms with E-state index in [1.54, 1.807) is 31.3 Å². The van der Waals surface area contributed by atoms with Crippen molar-refractivity contribution >= 4 is 33.5 Å². The highest BCUT2D eigenvalue weighted by Gasteiger charge is 2.30. The molecule has 0 saturated heterocycles. The van der Waals surface area contributed by atoms with Crippen molar-refractivity contribution < 1.29 is 8.42 Å². The Bertz CT molecular complexity index is 797. The predicted octanol–water partition coefficient (Wildman–Crippen LogP) is 2.96. The first-order valence-electron chi connectivity index (χ1n) is 7.20. The van der Waals surface area contributed by atoms with Crippen molar-refractivity contribution in [2.24, 2.45) is 0 Å². The monoisotopic (exact) mass is 349 g/mol. The quantitative estimate of drug-likeness (QED) is 0.684. The van der Waals surface area contributed by atoms with Gasteiger partial charge in [0, 0.05) is 27.7 Å². The third-order valence-electron chi connectivity index (χ3n) is 3.86. The Balaban J connectivity index is 0.000000136. The van der Waals surface area contributed by atoms with Crippen molar-refractivity contribution in [1.29, 1.82) is 0 Å². The minimum Gasteiger partial charge on any atom is -0.300 e. The summed E-state index contributed by atoms with van der Waals surface area (Å²) in [6.07, 6.45) is 0. The summed E-state index contributed by atoms with van der Waals surface area (Å²) in [6.45, 7) is 0.499. The normalized spacial score (nSPS) is 18.2. The second-order valence-corrected chi connectivity index (χ2v) is 8.71. The Labute approximate surface area is 141 Å². The van der Waals surface area contributed by atoms with E-state index < -0.39 is 10.0 Å². The maximum Gasteiger partial charge on any atom is 0.243 e. The summed E-state index contributed by atoms with van der Waals surface area (Å²) in [5.41, 5.74) is 3.47. The van der Waals surface area contributed by atoms with Crippen LogP contribution in [0.15, 0.2) is 53.4 Å². The van der Waals surface area contributed by atoms with Crippen LogP contribution >= 0.6 is 12.1 Å². The zero-order valence-electron chi connectivity index (χ0n) is 13.3. The average Bonchev–Trinajstić information content (AvgIpc) is 2.95. The highest BCUT2D eigenvalue weighted by molar-refractivity contribution is 8.02. The molecule has 2 heterocycles. The van der Waals surface area contributed by atoms with Gasteiger partial charge >= 0.3 is 0 Å². The molecular formula is C16H19N3O2S2. The molecule has 0 saturated carbocycles. The van der Waals surface area contributed by atoms with Gasteiger partial charge < -0.3 is 0 Å². The van der Waals surface area contributed by atoms with Crippen LogP contribution in [0.3, 0.4) is 0 Å². The van der Waals surface area contributed by atoms with E-state index in [-0.39, 0.29) is 0 Å². The fraction of sp³-hybridized carbons (Fsp3) is 0.250. The minimum atomic E-state index is -3.15. The highest BCUT2D eigenvalue weighted by Crippen LogP contribution is 2.41. The molecule has 5 nitrogen and oxygen atoms in total. The molecular weight excluding hydrogens is 330 g/mol. The lowest BCUT2D eigenvalue weighted by atomic mass is 10.2. The van der Waals surface area contributed by atoms with E-state index in [9.17, 15) is 8.42 Å². The Morgan fingerprint density at radius 2 is 1.39 bits per heavy atom. The van der Waals surface area contributed by atoms with E-state index in [1.165, 1.54) is 15.7 Å². The number of benzene rings is 2. The minimum absolute atomic E-state index is 0.451. The molecule has 4 rings (SSSR count). The maximum atomic E-state index is 11.5. The summed E-state index contributed by atoms with van der Waals surface area (Å²) >= 11 is 1.72. The van der Waals surface area contributed by atoms with Gasteiger partial charge in [-0.25, -0.2) is 8.42 Å². The van der Waals surface area contributed by atoms with Crippen LogP contribution in [-0.2, 0) is 16.6 Å². The number of anilines is 2. The average molecular weight is 349 g/mol. The molecule has 0 aliphatic carbocycles. The zero-order chi connectivity index (χ0) is 16.6. The van der Waals surface area contributed by atoms with Gasteiger partial charge in [0.25, 0.3) is 0 Å². The summed E-state index contributed by atoms with van der Waals surface area (Å²) < 4.78 is 28.7. The van der Waals surface area contributed by atoms with Gasteiger partial charge in [-0.3, -0.25) is 8.61 Å². The Hall–Kier alpha value is -1.70. The van der Waals surface area contributed by atoms with Gasteiger partial charge in [-0.05, 0) is 23.8 Å². The van der Waals surface area contributed by atoms with Gasteiger partial charge in [0.2, 0.25) is 10.0 Å². The smallest absolute Gasteiger partial charge is 0.243 e. The van der Waals surface area contributed by atoms with Crippen molar-refractivity contribution in [2.75, 3.05) is 29.8 Å². The molecule has 0 fully saturated rings. The van der Waals surface area contributed by atoms with E-state index >= 15 is 0 Å². The first-order valence-corrected chi connectivity index (χ1v) is 9.37. The van der Waals surface area contributed by atoms with E-state index in [2.05, 4.69) is 47.0 Å². The second-order valence-electron chi connectivity index (χ2n) is 5.43. The van der Waals surface area contributed by atoms with Crippen molar-refractivity contribution in [3.63, 3.8) is 0 Å². The maximum absolute atomic E-state index is 11.5. The molecule has 2 aromatic rings. The SMILES string of the molecule is CN1Cc2ccccc2S1(=O)=O.CN1SN(C)c2ccccc21. The van der Waals surface area contributed by atoms with Crippen LogP contribution in [0.5, 0.6) is 0 Å². The van der Waals surface area contributed by atoms with Gasteiger partial charge in [0.1, 0.15) is 0 Å². The van der Waals surface area contributed by atoms with Crippen LogP contribution in [0, 0.1) is 0 Å². The Morgan fingerprint density at radius 3 is 1.96 bits per heavy atom. The van der Waals surface area contributed by atoms with Gasteiger partial charge in [0.05, 0.1) is 28.4 Å². The van der Waals surface area contributed by atoms with Gasteiger partial charge in [-0.15, -0.1) is 0 Å². The third kappa shape index (κ3) is 2.91. The van der Waals surface area contributed by atoms with Crippen LogP contribution in [-0.4, -0.2) is 33.9 Å². The number of hydrogen-bond donors (Lipinski definition) is 0. The predicted molar refractivity (Wildman–Crippen MR) is 95.9 cm³/mol. The molecule has 0 bridgehead atoms. The molecule has 0 spiro atoms. The summed E-state index contributed by atoms with van der Waals surface area (Å²) in [7, 11) is 2.59. The molecule has 23 heavy (non-hydrogen) atoms. The fourth-order valence-corrected chi connectivity index (χ4v) is 4.86. The molecule has 2 aliphatic rings. The zero-order valence-corrected chi connectivity index (χ0v) is 14.9. The number of para-hydroxylation sites is 2. The molecule has 2 aromatic carbocycles. The molecule has 122 valence electrons. The molecule has 2 aliphatic heterocycles. The first-order chi connectivity index (χ1) is 10.9. The number of fused-ring (bicyclic) bond motifs is 2. The van der Waals surface area contributed by atoms with Crippen LogP contribution < -0.4 is 8.61 Å². The lowest BCUT2D eigenvalue weighted by Crippen LogP contribution is -2.18. The van der Waals surface area contributed by atoms with Crippen molar-refractivity contribution in [3.8, 4) is 0 Å². The highest BCUT2D eigenvalue weighted by atomic mass is 32.2.